The SMILES string of the molecule is Cc1cc(C#CCO)cc(C(=O)Nc2cccnc2)c1. The summed E-state index contributed by atoms with van der Waals surface area (Å²) in [5.74, 6) is 5.16. The molecule has 2 N–H and O–H groups in total. The molecule has 0 fully saturated rings. The van der Waals surface area contributed by atoms with E-state index in [0.29, 0.717) is 16.8 Å². The van der Waals surface area contributed by atoms with Gasteiger partial charge in [0.05, 0.1) is 11.9 Å². The van der Waals surface area contributed by atoms with Gasteiger partial charge in [-0.05, 0) is 42.8 Å². The molecule has 4 heteroatoms. The summed E-state index contributed by atoms with van der Waals surface area (Å²) in [5.41, 5.74) is 2.81. The first kappa shape index (κ1) is 13.8. The summed E-state index contributed by atoms with van der Waals surface area (Å²) in [6, 6.07) is 8.87. The van der Waals surface area contributed by atoms with E-state index in [-0.39, 0.29) is 12.5 Å². The van der Waals surface area contributed by atoms with Crippen LogP contribution in [0.25, 0.3) is 0 Å². The maximum atomic E-state index is 12.2. The number of anilines is 1. The molecule has 100 valence electrons. The molecule has 0 unspecified atom stereocenters. The number of aromatic nitrogens is 1. The van der Waals surface area contributed by atoms with Crippen molar-refractivity contribution in [1.82, 2.24) is 4.98 Å². The largest absolute Gasteiger partial charge is 0.384 e. The first-order valence-electron chi connectivity index (χ1n) is 6.12. The van der Waals surface area contributed by atoms with Gasteiger partial charge in [-0.1, -0.05) is 11.8 Å². The summed E-state index contributed by atoms with van der Waals surface area (Å²) >= 11 is 0. The Morgan fingerprint density at radius 3 is 2.95 bits per heavy atom. The summed E-state index contributed by atoms with van der Waals surface area (Å²) < 4.78 is 0. The number of carbonyl (C=O) groups is 1. The van der Waals surface area contributed by atoms with Gasteiger partial charge < -0.3 is 10.4 Å². The van der Waals surface area contributed by atoms with Gasteiger partial charge in [0.15, 0.2) is 0 Å². The van der Waals surface area contributed by atoms with E-state index in [1.165, 1.54) is 0 Å². The van der Waals surface area contributed by atoms with Crippen molar-refractivity contribution < 1.29 is 9.90 Å². The second-order valence-electron chi connectivity index (χ2n) is 4.24. The predicted molar refractivity (Wildman–Crippen MR) is 77.3 cm³/mol. The minimum atomic E-state index is -0.214. The zero-order valence-corrected chi connectivity index (χ0v) is 11.1. The van der Waals surface area contributed by atoms with Crippen molar-refractivity contribution in [3.05, 3.63) is 59.4 Å². The lowest BCUT2D eigenvalue weighted by molar-refractivity contribution is 0.102. The summed E-state index contributed by atoms with van der Waals surface area (Å²) in [5, 5.41) is 11.5. The van der Waals surface area contributed by atoms with Crippen LogP contribution in [0.15, 0.2) is 42.7 Å². The van der Waals surface area contributed by atoms with Gasteiger partial charge in [-0.15, -0.1) is 0 Å². The Morgan fingerprint density at radius 2 is 2.25 bits per heavy atom. The highest BCUT2D eigenvalue weighted by molar-refractivity contribution is 6.04. The van der Waals surface area contributed by atoms with Crippen LogP contribution in [0.2, 0.25) is 0 Å². The molecule has 4 nitrogen and oxygen atoms in total. The average Bonchev–Trinajstić information content (AvgIpc) is 2.45. The molecule has 0 saturated heterocycles. The molecule has 1 aromatic heterocycles. The Labute approximate surface area is 117 Å². The van der Waals surface area contributed by atoms with Crippen molar-refractivity contribution in [2.45, 2.75) is 6.92 Å². The number of nitrogens with zero attached hydrogens (tertiary/aromatic N) is 1. The minimum Gasteiger partial charge on any atom is -0.384 e. The molecule has 1 amide bonds. The molecule has 0 aliphatic rings. The maximum absolute atomic E-state index is 12.2. The summed E-state index contributed by atoms with van der Waals surface area (Å²) in [7, 11) is 0. The molecule has 0 spiro atoms. The van der Waals surface area contributed by atoms with Crippen molar-refractivity contribution in [2.75, 3.05) is 11.9 Å². The second kappa shape index (κ2) is 6.50. The number of hydrogen-bond donors (Lipinski definition) is 2. The highest BCUT2D eigenvalue weighted by atomic mass is 16.2. The van der Waals surface area contributed by atoms with E-state index >= 15 is 0 Å². The number of aliphatic hydroxyl groups excluding tert-OH is 1. The Bertz CT molecular complexity index is 670. The predicted octanol–water partition coefficient (Wildman–Crippen LogP) is 1.99. The lowest BCUT2D eigenvalue weighted by atomic mass is 10.1. The van der Waals surface area contributed by atoms with Gasteiger partial charge in [0.25, 0.3) is 5.91 Å². The molecule has 0 saturated carbocycles. The quantitative estimate of drug-likeness (QED) is 0.817. The van der Waals surface area contributed by atoms with Gasteiger partial charge in [0, 0.05) is 17.3 Å². The summed E-state index contributed by atoms with van der Waals surface area (Å²) in [6.45, 7) is 1.69. The molecule has 0 atom stereocenters. The fourth-order valence-corrected chi connectivity index (χ4v) is 1.77. The third kappa shape index (κ3) is 3.67. The molecule has 0 bridgehead atoms. The number of pyridine rings is 1. The Kier molecular flexibility index (Phi) is 4.48. The average molecular weight is 266 g/mol. The van der Waals surface area contributed by atoms with E-state index < -0.39 is 0 Å². The van der Waals surface area contributed by atoms with Crippen LogP contribution in [0.5, 0.6) is 0 Å². The standard InChI is InChI=1S/C16H14N2O2/c1-12-8-13(4-3-7-19)10-14(9-12)16(20)18-15-5-2-6-17-11-15/h2,5-6,8-11,19H,7H2,1H3,(H,18,20). The Balaban J connectivity index is 2.23. The zero-order chi connectivity index (χ0) is 14.4. The van der Waals surface area contributed by atoms with Gasteiger partial charge in [0.2, 0.25) is 0 Å². The van der Waals surface area contributed by atoms with Crippen LogP contribution < -0.4 is 5.32 Å². The highest BCUT2D eigenvalue weighted by Gasteiger charge is 2.07. The first-order chi connectivity index (χ1) is 9.69. The lowest BCUT2D eigenvalue weighted by Gasteiger charge is -2.06. The van der Waals surface area contributed by atoms with Gasteiger partial charge in [-0.25, -0.2) is 0 Å². The van der Waals surface area contributed by atoms with Crippen molar-refractivity contribution in [1.29, 1.82) is 0 Å². The number of benzene rings is 1. The van der Waals surface area contributed by atoms with Crippen LogP contribution in [0.4, 0.5) is 5.69 Å². The van der Waals surface area contributed by atoms with Crippen LogP contribution in [0, 0.1) is 18.8 Å². The Morgan fingerprint density at radius 1 is 1.40 bits per heavy atom. The number of hydrogen-bond acceptors (Lipinski definition) is 3. The van der Waals surface area contributed by atoms with Gasteiger partial charge in [0.1, 0.15) is 6.61 Å². The lowest BCUT2D eigenvalue weighted by Crippen LogP contribution is -2.12. The third-order valence-corrected chi connectivity index (χ3v) is 2.57. The van der Waals surface area contributed by atoms with E-state index in [9.17, 15) is 4.79 Å². The number of nitrogens with one attached hydrogen (secondary N) is 1. The van der Waals surface area contributed by atoms with E-state index in [1.54, 1.807) is 36.7 Å². The van der Waals surface area contributed by atoms with E-state index in [0.717, 1.165) is 5.56 Å². The Hall–Kier alpha value is -2.64. The number of rotatable bonds is 2. The van der Waals surface area contributed by atoms with E-state index in [2.05, 4.69) is 22.1 Å². The third-order valence-electron chi connectivity index (χ3n) is 2.57. The number of amides is 1. The summed E-state index contributed by atoms with van der Waals surface area (Å²) in [4.78, 5) is 16.1. The molecule has 2 rings (SSSR count). The summed E-state index contributed by atoms with van der Waals surface area (Å²) in [6.07, 6.45) is 3.23. The van der Waals surface area contributed by atoms with Crippen molar-refractivity contribution in [3.8, 4) is 11.8 Å². The molecule has 2 aromatic rings. The van der Waals surface area contributed by atoms with Crippen molar-refractivity contribution in [3.63, 3.8) is 0 Å². The van der Waals surface area contributed by atoms with Gasteiger partial charge in [-0.3, -0.25) is 9.78 Å². The number of aliphatic hydroxyl groups is 1. The molecule has 0 radical (unpaired) electrons. The smallest absolute Gasteiger partial charge is 0.255 e. The van der Waals surface area contributed by atoms with Crippen LogP contribution >= 0.6 is 0 Å². The fraction of sp³-hybridized carbons (Fsp3) is 0.125. The molecule has 0 aliphatic carbocycles. The van der Waals surface area contributed by atoms with Crippen molar-refractivity contribution in [2.24, 2.45) is 0 Å². The monoisotopic (exact) mass is 266 g/mol. The molecule has 1 aromatic carbocycles. The highest BCUT2D eigenvalue weighted by Crippen LogP contribution is 2.12. The fourth-order valence-electron chi connectivity index (χ4n) is 1.77. The van der Waals surface area contributed by atoms with Crippen LogP contribution in [-0.4, -0.2) is 22.6 Å². The number of aryl methyl sites for hydroxylation is 1. The molecule has 20 heavy (non-hydrogen) atoms. The van der Waals surface area contributed by atoms with E-state index in [1.807, 2.05) is 13.0 Å². The second-order valence-corrected chi connectivity index (χ2v) is 4.24. The molecule has 0 aliphatic heterocycles. The van der Waals surface area contributed by atoms with Crippen LogP contribution in [0.1, 0.15) is 21.5 Å². The van der Waals surface area contributed by atoms with Crippen molar-refractivity contribution >= 4 is 11.6 Å². The molecule has 1 heterocycles. The number of carbonyl (C=O) groups excluding carboxylic acids is 1. The molecular weight excluding hydrogens is 252 g/mol. The minimum absolute atomic E-state index is 0.203. The van der Waals surface area contributed by atoms with Gasteiger partial charge in [-0.2, -0.15) is 0 Å². The maximum Gasteiger partial charge on any atom is 0.255 e. The van der Waals surface area contributed by atoms with Gasteiger partial charge >= 0.3 is 0 Å². The molecular formula is C16H14N2O2. The van der Waals surface area contributed by atoms with Crippen LogP contribution in [-0.2, 0) is 0 Å². The van der Waals surface area contributed by atoms with Crippen LogP contribution in [0.3, 0.4) is 0 Å². The normalized spacial score (nSPS) is 9.50. The first-order valence-corrected chi connectivity index (χ1v) is 6.12. The van der Waals surface area contributed by atoms with E-state index in [4.69, 9.17) is 5.11 Å². The zero-order valence-electron chi connectivity index (χ0n) is 11.1. The topological polar surface area (TPSA) is 62.2 Å².